The standard InChI is InChI=1S/C16H14N2O/c1-10-7-12(17-11(10)2)8-14-13-5-3-4-6-15(13)18-16(14)9-19/h3-9,17H,1-2H3. The van der Waals surface area contributed by atoms with E-state index in [0.717, 1.165) is 34.5 Å². The maximum Gasteiger partial charge on any atom is 0.169 e. The van der Waals surface area contributed by atoms with Crippen LogP contribution in [0.5, 0.6) is 0 Å². The molecule has 0 amide bonds. The summed E-state index contributed by atoms with van der Waals surface area (Å²) in [4.78, 5) is 18.8. The summed E-state index contributed by atoms with van der Waals surface area (Å²) < 4.78 is 0. The van der Waals surface area contributed by atoms with Crippen LogP contribution in [0, 0.1) is 13.8 Å². The normalized spacial score (nSPS) is 15.5. The fraction of sp³-hybridized carbons (Fsp3) is 0.125. The summed E-state index contributed by atoms with van der Waals surface area (Å²) in [5.41, 5.74) is 6.59. The highest BCUT2D eigenvalue weighted by molar-refractivity contribution is 6.53. The summed E-state index contributed by atoms with van der Waals surface area (Å²) in [5.74, 6) is 0. The van der Waals surface area contributed by atoms with Gasteiger partial charge in [-0.2, -0.15) is 0 Å². The number of fused-ring (bicyclic) bond motifs is 1. The highest BCUT2D eigenvalue weighted by atomic mass is 16.1. The van der Waals surface area contributed by atoms with E-state index in [1.807, 2.05) is 37.3 Å². The average Bonchev–Trinajstić information content (AvgIpc) is 2.92. The molecule has 1 aliphatic rings. The molecule has 0 radical (unpaired) electrons. The maximum absolute atomic E-state index is 11.2. The van der Waals surface area contributed by atoms with Crippen LogP contribution in [0.15, 0.2) is 35.3 Å². The van der Waals surface area contributed by atoms with Crippen LogP contribution in [-0.4, -0.2) is 17.0 Å². The number of aryl methyl sites for hydroxylation is 2. The zero-order valence-electron chi connectivity index (χ0n) is 10.9. The lowest BCUT2D eigenvalue weighted by Crippen LogP contribution is -1.97. The van der Waals surface area contributed by atoms with E-state index in [1.165, 1.54) is 5.56 Å². The van der Waals surface area contributed by atoms with Crippen LogP contribution >= 0.6 is 0 Å². The van der Waals surface area contributed by atoms with Gasteiger partial charge in [-0.3, -0.25) is 4.79 Å². The van der Waals surface area contributed by atoms with E-state index in [4.69, 9.17) is 0 Å². The van der Waals surface area contributed by atoms with Gasteiger partial charge in [-0.15, -0.1) is 0 Å². The number of hydrogen-bond acceptors (Lipinski definition) is 2. The van der Waals surface area contributed by atoms with Gasteiger partial charge in [0.25, 0.3) is 0 Å². The number of aldehydes is 1. The Kier molecular flexibility index (Phi) is 2.67. The van der Waals surface area contributed by atoms with Gasteiger partial charge in [0.1, 0.15) is 5.71 Å². The molecular formula is C16H14N2O. The van der Waals surface area contributed by atoms with E-state index in [2.05, 4.69) is 23.0 Å². The topological polar surface area (TPSA) is 45.2 Å². The van der Waals surface area contributed by atoms with E-state index in [9.17, 15) is 4.79 Å². The molecule has 1 N–H and O–H groups in total. The molecule has 3 heteroatoms. The van der Waals surface area contributed by atoms with Crippen molar-refractivity contribution in [1.82, 2.24) is 4.98 Å². The number of aromatic nitrogens is 1. The van der Waals surface area contributed by atoms with Crippen molar-refractivity contribution in [3.63, 3.8) is 0 Å². The lowest BCUT2D eigenvalue weighted by atomic mass is 10.0. The van der Waals surface area contributed by atoms with E-state index < -0.39 is 0 Å². The highest BCUT2D eigenvalue weighted by Crippen LogP contribution is 2.35. The molecule has 0 unspecified atom stereocenters. The number of para-hydroxylation sites is 1. The van der Waals surface area contributed by atoms with Gasteiger partial charge in [0.15, 0.2) is 6.29 Å². The smallest absolute Gasteiger partial charge is 0.169 e. The number of carbonyl (C=O) groups excluding carboxylic acids is 1. The second-order valence-electron chi connectivity index (χ2n) is 4.72. The minimum absolute atomic E-state index is 0.492. The van der Waals surface area contributed by atoms with Gasteiger partial charge in [0.2, 0.25) is 0 Å². The van der Waals surface area contributed by atoms with Crippen LogP contribution in [-0.2, 0) is 4.79 Å². The van der Waals surface area contributed by atoms with Crippen LogP contribution in [0.25, 0.3) is 11.6 Å². The Bertz CT molecular complexity index is 701. The first kappa shape index (κ1) is 11.7. The number of hydrogen-bond donors (Lipinski definition) is 1. The van der Waals surface area contributed by atoms with Crippen molar-refractivity contribution < 1.29 is 4.79 Å². The second kappa shape index (κ2) is 4.35. The number of aliphatic imine (C=N–C) groups is 1. The molecule has 3 rings (SSSR count). The molecule has 3 nitrogen and oxygen atoms in total. The van der Waals surface area contributed by atoms with Crippen molar-refractivity contribution >= 4 is 29.3 Å². The number of H-pyrrole nitrogens is 1. The van der Waals surface area contributed by atoms with Gasteiger partial charge in [-0.05, 0) is 37.6 Å². The summed E-state index contributed by atoms with van der Waals surface area (Å²) in [5, 5.41) is 0. The fourth-order valence-electron chi connectivity index (χ4n) is 2.29. The van der Waals surface area contributed by atoms with Gasteiger partial charge >= 0.3 is 0 Å². The second-order valence-corrected chi connectivity index (χ2v) is 4.72. The predicted octanol–water partition coefficient (Wildman–Crippen LogP) is 3.46. The summed E-state index contributed by atoms with van der Waals surface area (Å²) in [6, 6.07) is 9.87. The predicted molar refractivity (Wildman–Crippen MR) is 77.7 cm³/mol. The number of nitrogens with one attached hydrogen (secondary N) is 1. The summed E-state index contributed by atoms with van der Waals surface area (Å²) in [6.07, 6.45) is 2.80. The van der Waals surface area contributed by atoms with Crippen molar-refractivity contribution in [3.8, 4) is 0 Å². The number of allylic oxidation sites excluding steroid dienone is 1. The van der Waals surface area contributed by atoms with Crippen LogP contribution in [0.3, 0.4) is 0 Å². The maximum atomic E-state index is 11.2. The summed E-state index contributed by atoms with van der Waals surface area (Å²) >= 11 is 0. The Morgan fingerprint density at radius 1 is 1.21 bits per heavy atom. The lowest BCUT2D eigenvalue weighted by molar-refractivity contribution is -0.102. The molecule has 0 aliphatic carbocycles. The number of rotatable bonds is 2. The number of nitrogens with zero attached hydrogens (tertiary/aromatic N) is 1. The third-order valence-corrected chi connectivity index (χ3v) is 3.42. The fourth-order valence-corrected chi connectivity index (χ4v) is 2.29. The average molecular weight is 250 g/mol. The molecule has 0 fully saturated rings. The zero-order chi connectivity index (χ0) is 13.4. The molecule has 0 bridgehead atoms. The van der Waals surface area contributed by atoms with E-state index in [0.29, 0.717) is 5.71 Å². The van der Waals surface area contributed by atoms with E-state index in [-0.39, 0.29) is 0 Å². The molecule has 0 saturated heterocycles. The third-order valence-electron chi connectivity index (χ3n) is 3.42. The van der Waals surface area contributed by atoms with Crippen molar-refractivity contribution in [3.05, 3.63) is 52.8 Å². The van der Waals surface area contributed by atoms with E-state index in [1.54, 1.807) is 0 Å². The first-order chi connectivity index (χ1) is 9.19. The Morgan fingerprint density at radius 3 is 2.68 bits per heavy atom. The van der Waals surface area contributed by atoms with Crippen molar-refractivity contribution in [2.45, 2.75) is 13.8 Å². The molecule has 1 aromatic heterocycles. The first-order valence-electron chi connectivity index (χ1n) is 6.20. The largest absolute Gasteiger partial charge is 0.359 e. The Labute approximate surface area is 111 Å². The zero-order valence-corrected chi connectivity index (χ0v) is 10.9. The van der Waals surface area contributed by atoms with Crippen LogP contribution in [0.4, 0.5) is 5.69 Å². The van der Waals surface area contributed by atoms with Crippen LogP contribution in [0.2, 0.25) is 0 Å². The highest BCUT2D eigenvalue weighted by Gasteiger charge is 2.19. The molecule has 0 atom stereocenters. The van der Waals surface area contributed by atoms with Crippen LogP contribution < -0.4 is 0 Å². The molecule has 1 aromatic carbocycles. The molecule has 2 heterocycles. The number of benzene rings is 1. The first-order valence-corrected chi connectivity index (χ1v) is 6.20. The molecule has 0 saturated carbocycles. The number of aromatic amines is 1. The van der Waals surface area contributed by atoms with Gasteiger partial charge in [0, 0.05) is 22.5 Å². The minimum Gasteiger partial charge on any atom is -0.359 e. The Balaban J connectivity index is 2.13. The molecule has 1 aliphatic heterocycles. The third kappa shape index (κ3) is 1.93. The molecule has 0 spiro atoms. The Morgan fingerprint density at radius 2 is 2.00 bits per heavy atom. The van der Waals surface area contributed by atoms with E-state index >= 15 is 0 Å². The molecule has 19 heavy (non-hydrogen) atoms. The van der Waals surface area contributed by atoms with Gasteiger partial charge in [0.05, 0.1) is 5.69 Å². The van der Waals surface area contributed by atoms with Gasteiger partial charge in [-0.1, -0.05) is 18.2 Å². The number of carbonyl (C=O) groups is 1. The van der Waals surface area contributed by atoms with Gasteiger partial charge < -0.3 is 4.98 Å². The van der Waals surface area contributed by atoms with Gasteiger partial charge in [-0.25, -0.2) is 4.99 Å². The molecule has 2 aromatic rings. The SMILES string of the molecule is Cc1cc(C=C2C(C=O)=Nc3ccccc32)[nH]c1C. The Hall–Kier alpha value is -2.42. The molecule has 94 valence electrons. The van der Waals surface area contributed by atoms with Crippen molar-refractivity contribution in [2.24, 2.45) is 4.99 Å². The van der Waals surface area contributed by atoms with Crippen molar-refractivity contribution in [2.75, 3.05) is 0 Å². The minimum atomic E-state index is 0.492. The van der Waals surface area contributed by atoms with Crippen LogP contribution in [0.1, 0.15) is 22.5 Å². The monoisotopic (exact) mass is 250 g/mol. The lowest BCUT2D eigenvalue weighted by Gasteiger charge is -1.99. The summed E-state index contributed by atoms with van der Waals surface area (Å²) in [6.45, 7) is 4.10. The quantitative estimate of drug-likeness (QED) is 0.815. The summed E-state index contributed by atoms with van der Waals surface area (Å²) in [7, 11) is 0. The molecular weight excluding hydrogens is 236 g/mol. The van der Waals surface area contributed by atoms with Crippen molar-refractivity contribution in [1.29, 1.82) is 0 Å².